The predicted octanol–water partition coefficient (Wildman–Crippen LogP) is 2.36. The van der Waals surface area contributed by atoms with E-state index in [1.165, 1.54) is 18.2 Å². The Bertz CT molecular complexity index is 452. The first-order valence-corrected chi connectivity index (χ1v) is 5.07. The van der Waals surface area contributed by atoms with E-state index in [0.29, 0.717) is 12.8 Å². The molecule has 0 bridgehead atoms. The molecule has 0 unspecified atom stereocenters. The number of nitro benzene ring substituents is 1. The Morgan fingerprint density at radius 3 is 2.69 bits per heavy atom. The number of rotatable bonds is 3. The Balaban J connectivity index is 2.24. The van der Waals surface area contributed by atoms with E-state index in [4.69, 9.17) is 16.3 Å². The smallest absolute Gasteiger partial charge is 0.312 e. The quantitative estimate of drug-likeness (QED) is 0.602. The Morgan fingerprint density at radius 2 is 2.12 bits per heavy atom. The standard InChI is InChI=1S/C10H8ClNO4/c11-8-2-1-3-9(12(14)15)10(8)16-7-4-6(13)5-7/h1-3,7H,4-5H2. The van der Waals surface area contributed by atoms with Crippen molar-refractivity contribution in [1.82, 2.24) is 0 Å². The lowest BCUT2D eigenvalue weighted by molar-refractivity contribution is -0.386. The average molecular weight is 242 g/mol. The van der Waals surface area contributed by atoms with E-state index < -0.39 is 4.92 Å². The number of nitrogens with zero attached hydrogens (tertiary/aromatic N) is 1. The lowest BCUT2D eigenvalue weighted by Gasteiger charge is -2.25. The van der Waals surface area contributed by atoms with Crippen LogP contribution in [0, 0.1) is 10.1 Å². The van der Waals surface area contributed by atoms with Crippen molar-refractivity contribution < 1.29 is 14.5 Å². The number of halogens is 1. The van der Waals surface area contributed by atoms with Gasteiger partial charge < -0.3 is 4.74 Å². The predicted molar refractivity (Wildman–Crippen MR) is 56.8 cm³/mol. The molecule has 0 spiro atoms. The Morgan fingerprint density at radius 1 is 1.44 bits per heavy atom. The van der Waals surface area contributed by atoms with Gasteiger partial charge >= 0.3 is 5.69 Å². The van der Waals surface area contributed by atoms with Gasteiger partial charge in [-0.1, -0.05) is 17.7 Å². The van der Waals surface area contributed by atoms with Crippen LogP contribution in [-0.2, 0) is 4.79 Å². The van der Waals surface area contributed by atoms with Gasteiger partial charge in [0.15, 0.2) is 0 Å². The van der Waals surface area contributed by atoms with Crippen LogP contribution in [0.3, 0.4) is 0 Å². The molecule has 0 amide bonds. The van der Waals surface area contributed by atoms with Crippen LogP contribution in [0.2, 0.25) is 5.02 Å². The van der Waals surface area contributed by atoms with Crippen LogP contribution < -0.4 is 4.74 Å². The van der Waals surface area contributed by atoms with Gasteiger partial charge in [-0.3, -0.25) is 14.9 Å². The lowest BCUT2D eigenvalue weighted by atomic mass is 9.94. The van der Waals surface area contributed by atoms with Crippen molar-refractivity contribution in [3.8, 4) is 5.75 Å². The lowest BCUT2D eigenvalue weighted by Crippen LogP contribution is -2.34. The molecule has 1 aromatic carbocycles. The number of ether oxygens (including phenoxy) is 1. The molecule has 1 aromatic rings. The van der Waals surface area contributed by atoms with Crippen molar-refractivity contribution in [2.24, 2.45) is 0 Å². The topological polar surface area (TPSA) is 69.4 Å². The van der Waals surface area contributed by atoms with Crippen LogP contribution >= 0.6 is 11.6 Å². The minimum atomic E-state index is -0.554. The highest BCUT2D eigenvalue weighted by Crippen LogP contribution is 2.37. The minimum Gasteiger partial charge on any atom is -0.482 e. The maximum absolute atomic E-state index is 10.8. The van der Waals surface area contributed by atoms with Crippen molar-refractivity contribution >= 4 is 23.1 Å². The van der Waals surface area contributed by atoms with Crippen LogP contribution in [0.1, 0.15) is 12.8 Å². The second-order valence-electron chi connectivity index (χ2n) is 3.53. The van der Waals surface area contributed by atoms with E-state index in [9.17, 15) is 14.9 Å². The largest absolute Gasteiger partial charge is 0.482 e. The van der Waals surface area contributed by atoms with Gasteiger partial charge in [0, 0.05) is 18.9 Å². The van der Waals surface area contributed by atoms with Gasteiger partial charge in [0.05, 0.1) is 9.95 Å². The zero-order chi connectivity index (χ0) is 11.7. The Kier molecular flexibility index (Phi) is 2.78. The third-order valence-electron chi connectivity index (χ3n) is 2.34. The molecule has 84 valence electrons. The molecule has 1 fully saturated rings. The fourth-order valence-corrected chi connectivity index (χ4v) is 1.67. The summed E-state index contributed by atoms with van der Waals surface area (Å²) in [5, 5.41) is 10.9. The monoisotopic (exact) mass is 241 g/mol. The first-order chi connectivity index (χ1) is 7.58. The third-order valence-corrected chi connectivity index (χ3v) is 2.64. The molecule has 0 aliphatic heterocycles. The molecular weight excluding hydrogens is 234 g/mol. The van der Waals surface area contributed by atoms with E-state index in [0.717, 1.165) is 0 Å². The summed E-state index contributed by atoms with van der Waals surface area (Å²) in [5.74, 6) is 0.145. The Hall–Kier alpha value is -1.62. The fourth-order valence-electron chi connectivity index (χ4n) is 1.46. The minimum absolute atomic E-state index is 0.0478. The van der Waals surface area contributed by atoms with Gasteiger partial charge in [-0.25, -0.2) is 0 Å². The number of Topliss-reactive ketones (excluding diaryl/α,β-unsaturated/α-hetero) is 1. The Labute approximate surface area is 96.1 Å². The molecule has 1 aliphatic rings. The van der Waals surface area contributed by atoms with Gasteiger partial charge in [0.2, 0.25) is 5.75 Å². The summed E-state index contributed by atoms with van der Waals surface area (Å²) in [6.07, 6.45) is 0.302. The number of hydrogen-bond donors (Lipinski definition) is 0. The first kappa shape index (κ1) is 10.9. The molecule has 6 heteroatoms. The maximum Gasteiger partial charge on any atom is 0.312 e. The SMILES string of the molecule is O=C1CC(Oc2c(Cl)cccc2[N+](=O)[O-])C1. The summed E-state index contributed by atoms with van der Waals surface area (Å²) in [7, 11) is 0. The van der Waals surface area contributed by atoms with Crippen molar-refractivity contribution in [2.75, 3.05) is 0 Å². The summed E-state index contributed by atoms with van der Waals surface area (Å²) in [6.45, 7) is 0. The van der Waals surface area contributed by atoms with Crippen LogP contribution in [0.15, 0.2) is 18.2 Å². The van der Waals surface area contributed by atoms with Crippen molar-refractivity contribution in [3.63, 3.8) is 0 Å². The molecule has 0 radical (unpaired) electrons. The van der Waals surface area contributed by atoms with Crippen LogP contribution in [0.4, 0.5) is 5.69 Å². The van der Waals surface area contributed by atoms with Gasteiger partial charge in [0.25, 0.3) is 0 Å². The zero-order valence-electron chi connectivity index (χ0n) is 8.18. The number of carbonyl (C=O) groups excluding carboxylic acids is 1. The molecule has 0 N–H and O–H groups in total. The summed E-state index contributed by atoms with van der Waals surface area (Å²) < 4.78 is 5.35. The average Bonchev–Trinajstić information content (AvgIpc) is 2.18. The molecule has 2 rings (SSSR count). The summed E-state index contributed by atoms with van der Waals surface area (Å²) in [6, 6.07) is 4.32. The highest BCUT2D eigenvalue weighted by Gasteiger charge is 2.31. The van der Waals surface area contributed by atoms with Crippen molar-refractivity contribution in [1.29, 1.82) is 0 Å². The third kappa shape index (κ3) is 1.99. The van der Waals surface area contributed by atoms with E-state index in [1.54, 1.807) is 0 Å². The second-order valence-corrected chi connectivity index (χ2v) is 3.94. The molecule has 1 saturated carbocycles. The van der Waals surface area contributed by atoms with Crippen LogP contribution in [-0.4, -0.2) is 16.8 Å². The molecule has 5 nitrogen and oxygen atoms in total. The molecule has 0 heterocycles. The normalized spacial score (nSPS) is 15.7. The molecule has 1 aliphatic carbocycles. The molecular formula is C10H8ClNO4. The number of benzene rings is 1. The van der Waals surface area contributed by atoms with Crippen LogP contribution in [0.25, 0.3) is 0 Å². The molecule has 0 saturated heterocycles. The molecule has 0 atom stereocenters. The number of para-hydroxylation sites is 1. The van der Waals surface area contributed by atoms with Gasteiger partial charge in [-0.05, 0) is 6.07 Å². The summed E-state index contributed by atoms with van der Waals surface area (Å²) >= 11 is 5.82. The van der Waals surface area contributed by atoms with E-state index in [2.05, 4.69) is 0 Å². The molecule has 0 aromatic heterocycles. The van der Waals surface area contributed by atoms with Crippen molar-refractivity contribution in [3.05, 3.63) is 33.3 Å². The highest BCUT2D eigenvalue weighted by atomic mass is 35.5. The number of nitro groups is 1. The fraction of sp³-hybridized carbons (Fsp3) is 0.300. The first-order valence-electron chi connectivity index (χ1n) is 4.69. The highest BCUT2D eigenvalue weighted by molar-refractivity contribution is 6.32. The van der Waals surface area contributed by atoms with E-state index in [-0.39, 0.29) is 28.3 Å². The van der Waals surface area contributed by atoms with Gasteiger partial charge in [-0.2, -0.15) is 0 Å². The van der Waals surface area contributed by atoms with Crippen LogP contribution in [0.5, 0.6) is 5.75 Å². The van der Waals surface area contributed by atoms with Gasteiger partial charge in [0.1, 0.15) is 11.9 Å². The summed E-state index contributed by atoms with van der Waals surface area (Å²) in [4.78, 5) is 20.9. The van der Waals surface area contributed by atoms with Crippen molar-refractivity contribution in [2.45, 2.75) is 18.9 Å². The number of hydrogen-bond acceptors (Lipinski definition) is 4. The van der Waals surface area contributed by atoms with Gasteiger partial charge in [-0.15, -0.1) is 0 Å². The zero-order valence-corrected chi connectivity index (χ0v) is 8.94. The maximum atomic E-state index is 10.8. The summed E-state index contributed by atoms with van der Waals surface area (Å²) in [5.41, 5.74) is -0.174. The number of ketones is 1. The number of carbonyl (C=O) groups is 1. The molecule has 16 heavy (non-hydrogen) atoms. The second kappa shape index (κ2) is 4.09. The van der Waals surface area contributed by atoms with E-state index in [1.807, 2.05) is 0 Å². The van der Waals surface area contributed by atoms with E-state index >= 15 is 0 Å².